The molecule has 39 heavy (non-hydrogen) atoms. The molecule has 1 aliphatic heterocycles. The number of hydrogen-bond donors (Lipinski definition) is 3. The molecule has 6 aliphatic rings. The molecule has 16 atom stereocenters. The van der Waals surface area contributed by atoms with Gasteiger partial charge in [0.25, 0.3) is 0 Å². The van der Waals surface area contributed by atoms with E-state index >= 15 is 0 Å². The van der Waals surface area contributed by atoms with Crippen molar-refractivity contribution in [3.8, 4) is 0 Å². The number of carbonyl (C=O) groups is 4. The highest BCUT2D eigenvalue weighted by molar-refractivity contribution is 5.89. The van der Waals surface area contributed by atoms with Crippen LogP contribution in [0, 0.1) is 52.3 Å². The van der Waals surface area contributed by atoms with E-state index in [2.05, 4.69) is 0 Å². The van der Waals surface area contributed by atoms with Crippen LogP contribution in [0.2, 0.25) is 0 Å². The minimum absolute atomic E-state index is 0.00139. The van der Waals surface area contributed by atoms with Gasteiger partial charge in [0.2, 0.25) is 0 Å². The molecule has 6 fully saturated rings. The van der Waals surface area contributed by atoms with Crippen LogP contribution >= 0.6 is 0 Å². The van der Waals surface area contributed by atoms with Crippen LogP contribution in [0.15, 0.2) is 0 Å². The molecular weight excluding hydrogens is 508 g/mol. The molecule has 0 unspecified atom stereocenters. The first kappa shape index (κ1) is 27.3. The molecule has 0 spiro atoms. The SMILES string of the molecule is CC(=O)O[C@H]1C[C@H]2[C@@H](C(=O)[C@H](O)[C@@]3(O)C[C@@H]4O[C@@H]4[C@H](OC(C)=O)[C@]23C)[C@@H]2[C@H](O)[C@@H]3[C@H]([C@H](C)CC(=O)[C@H]3C)[C@]21C. The lowest BCUT2D eigenvalue weighted by Crippen LogP contribution is -2.77. The van der Waals surface area contributed by atoms with Gasteiger partial charge in [0, 0.05) is 55.3 Å². The first-order valence-corrected chi connectivity index (χ1v) is 14.3. The summed E-state index contributed by atoms with van der Waals surface area (Å²) in [5.41, 5.74) is -4.16. The van der Waals surface area contributed by atoms with Crippen LogP contribution in [-0.4, -0.2) is 81.0 Å². The zero-order chi connectivity index (χ0) is 28.6. The quantitative estimate of drug-likeness (QED) is 0.333. The van der Waals surface area contributed by atoms with E-state index in [1.54, 1.807) is 6.92 Å². The van der Waals surface area contributed by atoms with E-state index in [4.69, 9.17) is 14.2 Å². The van der Waals surface area contributed by atoms with Crippen molar-refractivity contribution >= 4 is 23.5 Å². The van der Waals surface area contributed by atoms with E-state index < -0.39 is 100 Å². The first-order valence-electron chi connectivity index (χ1n) is 14.3. The second-order valence-electron chi connectivity index (χ2n) is 13.8. The zero-order valence-electron chi connectivity index (χ0n) is 23.3. The average molecular weight is 549 g/mol. The van der Waals surface area contributed by atoms with E-state index in [9.17, 15) is 34.5 Å². The number of hydrogen-bond acceptors (Lipinski definition) is 10. The van der Waals surface area contributed by atoms with Crippen LogP contribution in [0.3, 0.4) is 0 Å². The summed E-state index contributed by atoms with van der Waals surface area (Å²) in [6.07, 6.45) is -4.97. The van der Waals surface area contributed by atoms with Crippen LogP contribution in [0.4, 0.5) is 0 Å². The highest BCUT2D eigenvalue weighted by Crippen LogP contribution is 2.72. The third kappa shape index (κ3) is 3.23. The molecule has 0 bridgehead atoms. The summed E-state index contributed by atoms with van der Waals surface area (Å²) < 4.78 is 17.6. The Bertz CT molecular complexity index is 1140. The van der Waals surface area contributed by atoms with E-state index in [0.29, 0.717) is 6.42 Å². The number of ketones is 2. The lowest BCUT2D eigenvalue weighted by atomic mass is 9.40. The number of carbonyl (C=O) groups excluding carboxylic acids is 4. The molecule has 10 heteroatoms. The molecule has 10 nitrogen and oxygen atoms in total. The number of ether oxygens (including phenoxy) is 3. The zero-order valence-corrected chi connectivity index (χ0v) is 23.3. The van der Waals surface area contributed by atoms with Crippen LogP contribution in [0.1, 0.15) is 60.8 Å². The van der Waals surface area contributed by atoms with Gasteiger partial charge in [-0.05, 0) is 30.1 Å². The maximum atomic E-state index is 14.2. The second kappa shape index (κ2) is 8.33. The Kier molecular flexibility index (Phi) is 5.83. The summed E-state index contributed by atoms with van der Waals surface area (Å²) in [4.78, 5) is 51.8. The predicted molar refractivity (Wildman–Crippen MR) is 133 cm³/mol. The molecule has 5 aliphatic carbocycles. The molecule has 3 N–H and O–H groups in total. The molecular formula is C29H40O10. The average Bonchev–Trinajstić information content (AvgIpc) is 3.55. The van der Waals surface area contributed by atoms with Crippen LogP contribution in [0.5, 0.6) is 0 Å². The summed E-state index contributed by atoms with van der Waals surface area (Å²) in [5.74, 6) is -5.16. The number of aliphatic hydroxyl groups is 3. The Morgan fingerprint density at radius 2 is 1.67 bits per heavy atom. The van der Waals surface area contributed by atoms with Crippen molar-refractivity contribution in [2.45, 2.75) is 103 Å². The molecule has 0 amide bonds. The molecule has 6 rings (SSSR count). The van der Waals surface area contributed by atoms with Crippen LogP contribution < -0.4 is 0 Å². The van der Waals surface area contributed by atoms with E-state index in [1.807, 2.05) is 20.8 Å². The highest BCUT2D eigenvalue weighted by atomic mass is 16.6. The Labute approximate surface area is 227 Å². The lowest BCUT2D eigenvalue weighted by molar-refractivity contribution is -0.277. The molecule has 216 valence electrons. The van der Waals surface area contributed by atoms with E-state index in [1.165, 1.54) is 13.8 Å². The Hall–Kier alpha value is -1.88. The van der Waals surface area contributed by atoms with Crippen molar-refractivity contribution in [3.63, 3.8) is 0 Å². The molecule has 1 saturated heterocycles. The number of epoxide rings is 1. The van der Waals surface area contributed by atoms with Gasteiger partial charge in [0.1, 0.15) is 35.8 Å². The fraction of sp³-hybridized carbons (Fsp3) is 0.862. The van der Waals surface area contributed by atoms with Crippen molar-refractivity contribution in [1.29, 1.82) is 0 Å². The highest BCUT2D eigenvalue weighted by Gasteiger charge is 2.81. The fourth-order valence-corrected chi connectivity index (χ4v) is 10.6. The van der Waals surface area contributed by atoms with Crippen molar-refractivity contribution in [3.05, 3.63) is 0 Å². The maximum absolute atomic E-state index is 14.2. The van der Waals surface area contributed by atoms with Gasteiger partial charge in [0.15, 0.2) is 5.78 Å². The molecule has 5 saturated carbocycles. The van der Waals surface area contributed by atoms with E-state index in [-0.39, 0.29) is 30.5 Å². The van der Waals surface area contributed by atoms with Gasteiger partial charge < -0.3 is 29.5 Å². The summed E-state index contributed by atoms with van der Waals surface area (Å²) in [6.45, 7) is 10.0. The second-order valence-corrected chi connectivity index (χ2v) is 13.8. The standard InChI is InChI=1S/C29H40O10/c1-10-7-15(32)11(2)18-20(10)27(5)17(37-12(3)30)8-14-19(21(27)22(18)33)23(34)25(35)29(36)9-16-24(39-16)26(28(14,29)6)38-13(4)31/h10-11,14,16-22,24-26,33,35-36H,7-9H2,1-6H3/t10-,11-,14+,16+,17+,18+,19-,20+,21-,22-,24+,25+,26+,27-,28+,29+/m1/s1. The van der Waals surface area contributed by atoms with Crippen molar-refractivity contribution in [1.82, 2.24) is 0 Å². The number of aliphatic hydroxyl groups excluding tert-OH is 2. The van der Waals surface area contributed by atoms with Crippen molar-refractivity contribution < 1.29 is 48.7 Å². The minimum Gasteiger partial charge on any atom is -0.462 e. The third-order valence-corrected chi connectivity index (χ3v) is 12.2. The predicted octanol–water partition coefficient (Wildman–Crippen LogP) is 0.812. The van der Waals surface area contributed by atoms with Gasteiger partial charge in [0.05, 0.1) is 12.2 Å². The largest absolute Gasteiger partial charge is 0.462 e. The monoisotopic (exact) mass is 548 g/mol. The summed E-state index contributed by atoms with van der Waals surface area (Å²) in [6, 6.07) is 0. The van der Waals surface area contributed by atoms with Gasteiger partial charge in [-0.3, -0.25) is 19.2 Å². The van der Waals surface area contributed by atoms with Gasteiger partial charge in [-0.2, -0.15) is 0 Å². The number of Topliss-reactive ketones (excluding diaryl/α,β-unsaturated/α-hetero) is 2. The van der Waals surface area contributed by atoms with Crippen molar-refractivity contribution in [2.75, 3.05) is 0 Å². The molecule has 1 heterocycles. The number of esters is 2. The lowest BCUT2D eigenvalue weighted by Gasteiger charge is -2.65. The van der Waals surface area contributed by atoms with Gasteiger partial charge in [-0.15, -0.1) is 0 Å². The van der Waals surface area contributed by atoms with Crippen molar-refractivity contribution in [2.24, 2.45) is 52.3 Å². The van der Waals surface area contributed by atoms with Crippen LogP contribution in [-0.2, 0) is 33.4 Å². The number of fused-ring (bicyclic) bond motifs is 8. The maximum Gasteiger partial charge on any atom is 0.303 e. The molecule has 0 aromatic carbocycles. The molecule has 0 radical (unpaired) electrons. The summed E-state index contributed by atoms with van der Waals surface area (Å²) in [5, 5.41) is 35.6. The normalized spacial score (nSPS) is 57.3. The summed E-state index contributed by atoms with van der Waals surface area (Å²) >= 11 is 0. The Morgan fingerprint density at radius 1 is 1.03 bits per heavy atom. The summed E-state index contributed by atoms with van der Waals surface area (Å²) in [7, 11) is 0. The van der Waals surface area contributed by atoms with E-state index in [0.717, 1.165) is 0 Å². The smallest absolute Gasteiger partial charge is 0.303 e. The van der Waals surface area contributed by atoms with Gasteiger partial charge >= 0.3 is 11.9 Å². The van der Waals surface area contributed by atoms with Crippen LogP contribution in [0.25, 0.3) is 0 Å². The van der Waals surface area contributed by atoms with Gasteiger partial charge in [-0.1, -0.05) is 27.7 Å². The Balaban J connectivity index is 1.54. The third-order valence-electron chi connectivity index (χ3n) is 12.2. The Morgan fingerprint density at radius 3 is 2.28 bits per heavy atom. The molecule has 0 aromatic rings. The minimum atomic E-state index is -1.95. The topological polar surface area (TPSA) is 160 Å². The first-order chi connectivity index (χ1) is 18.1. The fourth-order valence-electron chi connectivity index (χ4n) is 10.6. The van der Waals surface area contributed by atoms with Gasteiger partial charge in [-0.25, -0.2) is 0 Å². The molecule has 0 aromatic heterocycles. The number of rotatable bonds is 2.